The van der Waals surface area contributed by atoms with Gasteiger partial charge < -0.3 is 20.1 Å². The van der Waals surface area contributed by atoms with Crippen LogP contribution in [0.25, 0.3) is 0 Å². The Morgan fingerprint density at radius 2 is 1.83 bits per heavy atom. The molecule has 0 bridgehead atoms. The highest BCUT2D eigenvalue weighted by molar-refractivity contribution is 7.80. The highest BCUT2D eigenvalue weighted by atomic mass is 32.1. The molecular formula is C18H21FN2O2S. The largest absolute Gasteiger partial charge is 0.493 e. The third kappa shape index (κ3) is 4.83. The second kappa shape index (κ2) is 8.49. The number of ether oxygens (including phenoxy) is 2. The topological polar surface area (TPSA) is 42.5 Å². The van der Waals surface area contributed by atoms with Crippen molar-refractivity contribution in [3.63, 3.8) is 0 Å². The van der Waals surface area contributed by atoms with E-state index in [0.717, 1.165) is 17.5 Å². The van der Waals surface area contributed by atoms with E-state index in [1.165, 1.54) is 12.1 Å². The van der Waals surface area contributed by atoms with Gasteiger partial charge in [-0.05, 0) is 61.0 Å². The lowest BCUT2D eigenvalue weighted by Crippen LogP contribution is -2.30. The van der Waals surface area contributed by atoms with E-state index in [0.29, 0.717) is 28.8 Å². The summed E-state index contributed by atoms with van der Waals surface area (Å²) in [5.41, 5.74) is 2.70. The van der Waals surface area contributed by atoms with Crippen LogP contribution >= 0.6 is 12.2 Å². The molecule has 0 saturated heterocycles. The molecule has 2 aromatic rings. The molecule has 0 radical (unpaired) electrons. The fourth-order valence-electron chi connectivity index (χ4n) is 2.25. The van der Waals surface area contributed by atoms with Crippen molar-refractivity contribution < 1.29 is 13.9 Å². The predicted octanol–water partition coefficient (Wildman–Crippen LogP) is 3.68. The molecule has 0 atom stereocenters. The molecule has 2 rings (SSSR count). The summed E-state index contributed by atoms with van der Waals surface area (Å²) in [6, 6.07) is 10.4. The maximum Gasteiger partial charge on any atom is 0.170 e. The summed E-state index contributed by atoms with van der Waals surface area (Å²) in [5, 5.41) is 6.59. The molecule has 2 N–H and O–H groups in total. The van der Waals surface area contributed by atoms with Crippen LogP contribution in [0.5, 0.6) is 11.5 Å². The Kier molecular flexibility index (Phi) is 6.37. The second-order valence-corrected chi connectivity index (χ2v) is 5.69. The Bertz CT molecular complexity index is 722. The van der Waals surface area contributed by atoms with Crippen molar-refractivity contribution in [2.45, 2.75) is 13.3 Å². The average molecular weight is 348 g/mol. The maximum atomic E-state index is 13.3. The second-order valence-electron chi connectivity index (χ2n) is 5.28. The first-order valence-corrected chi connectivity index (χ1v) is 7.96. The minimum atomic E-state index is -0.295. The summed E-state index contributed by atoms with van der Waals surface area (Å²) in [7, 11) is 3.22. The van der Waals surface area contributed by atoms with E-state index in [9.17, 15) is 4.39 Å². The third-order valence-electron chi connectivity index (χ3n) is 3.60. The van der Waals surface area contributed by atoms with Crippen LogP contribution in [0.4, 0.5) is 10.1 Å². The summed E-state index contributed by atoms with van der Waals surface area (Å²) < 4.78 is 23.8. The summed E-state index contributed by atoms with van der Waals surface area (Å²) >= 11 is 5.25. The molecule has 0 aliphatic rings. The first-order chi connectivity index (χ1) is 11.5. The van der Waals surface area contributed by atoms with Crippen LogP contribution < -0.4 is 20.1 Å². The Labute approximate surface area is 147 Å². The Morgan fingerprint density at radius 3 is 2.54 bits per heavy atom. The van der Waals surface area contributed by atoms with Gasteiger partial charge in [0.2, 0.25) is 0 Å². The van der Waals surface area contributed by atoms with Crippen LogP contribution in [-0.4, -0.2) is 25.9 Å². The molecule has 0 aromatic heterocycles. The smallest absolute Gasteiger partial charge is 0.170 e. The van der Waals surface area contributed by atoms with Crippen molar-refractivity contribution in [2.75, 3.05) is 26.1 Å². The van der Waals surface area contributed by atoms with Gasteiger partial charge in [0, 0.05) is 12.2 Å². The molecular weight excluding hydrogens is 327 g/mol. The molecule has 4 nitrogen and oxygen atoms in total. The van der Waals surface area contributed by atoms with Gasteiger partial charge in [-0.3, -0.25) is 0 Å². The number of thiocarbonyl (C=S) groups is 1. The number of aryl methyl sites for hydroxylation is 1. The molecule has 0 heterocycles. The van der Waals surface area contributed by atoms with Gasteiger partial charge in [-0.2, -0.15) is 0 Å². The lowest BCUT2D eigenvalue weighted by atomic mass is 10.1. The van der Waals surface area contributed by atoms with Crippen molar-refractivity contribution in [1.82, 2.24) is 5.32 Å². The van der Waals surface area contributed by atoms with Crippen LogP contribution in [-0.2, 0) is 6.42 Å². The summed E-state index contributed by atoms with van der Waals surface area (Å²) in [4.78, 5) is 0. The molecule has 0 amide bonds. The number of nitrogens with one attached hydrogen (secondary N) is 2. The lowest BCUT2D eigenvalue weighted by Gasteiger charge is -2.13. The molecule has 128 valence electrons. The van der Waals surface area contributed by atoms with Crippen molar-refractivity contribution in [1.29, 1.82) is 0 Å². The van der Waals surface area contributed by atoms with Gasteiger partial charge in [-0.25, -0.2) is 4.39 Å². The molecule has 0 unspecified atom stereocenters. The van der Waals surface area contributed by atoms with Crippen LogP contribution in [0.1, 0.15) is 11.1 Å². The Hall–Kier alpha value is -2.34. The molecule has 0 fully saturated rings. The van der Waals surface area contributed by atoms with Crippen LogP contribution in [0.2, 0.25) is 0 Å². The fourth-order valence-corrected chi connectivity index (χ4v) is 2.46. The van der Waals surface area contributed by atoms with E-state index in [4.69, 9.17) is 21.7 Å². The quantitative estimate of drug-likeness (QED) is 0.780. The molecule has 24 heavy (non-hydrogen) atoms. The molecule has 0 saturated carbocycles. The minimum Gasteiger partial charge on any atom is -0.493 e. The summed E-state index contributed by atoms with van der Waals surface area (Å²) in [6.45, 7) is 2.55. The number of benzene rings is 2. The number of anilines is 1. The molecule has 0 aliphatic heterocycles. The SMILES string of the molecule is COc1ccc(CCNC(=S)Nc2cc(F)ccc2C)cc1OC. The highest BCUT2D eigenvalue weighted by Gasteiger charge is 2.06. The first-order valence-electron chi connectivity index (χ1n) is 7.55. The molecule has 2 aromatic carbocycles. The minimum absolute atomic E-state index is 0.295. The zero-order valence-electron chi connectivity index (χ0n) is 14.0. The fraction of sp³-hybridized carbons (Fsp3) is 0.278. The monoisotopic (exact) mass is 348 g/mol. The van der Waals surface area contributed by atoms with E-state index in [1.54, 1.807) is 20.3 Å². The summed E-state index contributed by atoms with van der Waals surface area (Å²) in [6.07, 6.45) is 0.768. The van der Waals surface area contributed by atoms with E-state index >= 15 is 0 Å². The number of hydrogen-bond acceptors (Lipinski definition) is 3. The lowest BCUT2D eigenvalue weighted by molar-refractivity contribution is 0.354. The van der Waals surface area contributed by atoms with Gasteiger partial charge in [0.15, 0.2) is 16.6 Å². The third-order valence-corrected chi connectivity index (χ3v) is 3.84. The van der Waals surface area contributed by atoms with Crippen LogP contribution in [0.15, 0.2) is 36.4 Å². The zero-order chi connectivity index (χ0) is 17.5. The van der Waals surface area contributed by atoms with Gasteiger partial charge in [-0.15, -0.1) is 0 Å². The van der Waals surface area contributed by atoms with E-state index < -0.39 is 0 Å². The molecule has 0 aliphatic carbocycles. The van der Waals surface area contributed by atoms with Gasteiger partial charge in [-0.1, -0.05) is 12.1 Å². The molecule has 0 spiro atoms. The Morgan fingerprint density at radius 1 is 1.08 bits per heavy atom. The summed E-state index contributed by atoms with van der Waals surface area (Å²) in [5.74, 6) is 1.11. The van der Waals surface area contributed by atoms with Crippen molar-refractivity contribution >= 4 is 23.0 Å². The van der Waals surface area contributed by atoms with Crippen molar-refractivity contribution in [3.8, 4) is 11.5 Å². The highest BCUT2D eigenvalue weighted by Crippen LogP contribution is 2.27. The Balaban J connectivity index is 1.87. The average Bonchev–Trinajstić information content (AvgIpc) is 2.58. The van der Waals surface area contributed by atoms with E-state index in [2.05, 4.69) is 10.6 Å². The standard InChI is InChI=1S/C18H21FN2O2S/c1-12-4-6-14(19)11-15(12)21-18(24)20-9-8-13-5-7-16(22-2)17(10-13)23-3/h4-7,10-11H,8-9H2,1-3H3,(H2,20,21,24). The number of methoxy groups -OCH3 is 2. The predicted molar refractivity (Wildman–Crippen MR) is 98.6 cm³/mol. The van der Waals surface area contributed by atoms with Crippen LogP contribution in [0.3, 0.4) is 0 Å². The number of hydrogen-bond donors (Lipinski definition) is 2. The normalized spacial score (nSPS) is 10.2. The van der Waals surface area contributed by atoms with E-state index in [-0.39, 0.29) is 5.82 Å². The van der Waals surface area contributed by atoms with Crippen molar-refractivity contribution in [2.24, 2.45) is 0 Å². The van der Waals surface area contributed by atoms with Gasteiger partial charge >= 0.3 is 0 Å². The van der Waals surface area contributed by atoms with Crippen LogP contribution in [0, 0.1) is 12.7 Å². The first kappa shape index (κ1) is 18.0. The molecule has 6 heteroatoms. The van der Waals surface area contributed by atoms with Gasteiger partial charge in [0.1, 0.15) is 5.82 Å². The van der Waals surface area contributed by atoms with Crippen molar-refractivity contribution in [3.05, 3.63) is 53.3 Å². The van der Waals surface area contributed by atoms with E-state index in [1.807, 2.05) is 25.1 Å². The maximum absolute atomic E-state index is 13.3. The number of halogens is 1. The zero-order valence-corrected chi connectivity index (χ0v) is 14.8. The number of rotatable bonds is 6. The van der Waals surface area contributed by atoms with Gasteiger partial charge in [0.05, 0.1) is 14.2 Å². The van der Waals surface area contributed by atoms with Gasteiger partial charge in [0.25, 0.3) is 0 Å².